The Balaban J connectivity index is 1.85. The van der Waals surface area contributed by atoms with Gasteiger partial charge in [-0.2, -0.15) is 0 Å². The molecule has 6 nitrogen and oxygen atoms in total. The number of fused-ring (bicyclic) bond motifs is 1. The second-order valence-corrected chi connectivity index (χ2v) is 6.84. The summed E-state index contributed by atoms with van der Waals surface area (Å²) in [6, 6.07) is 7.69. The van der Waals surface area contributed by atoms with E-state index >= 15 is 0 Å². The summed E-state index contributed by atoms with van der Waals surface area (Å²) in [7, 11) is 0. The number of aliphatic hydroxyl groups is 1. The van der Waals surface area contributed by atoms with Gasteiger partial charge in [-0.05, 0) is 25.5 Å². The van der Waals surface area contributed by atoms with E-state index < -0.39 is 0 Å². The van der Waals surface area contributed by atoms with Crippen LogP contribution in [-0.4, -0.2) is 52.4 Å². The number of aliphatic hydroxyl groups excluding tert-OH is 1. The van der Waals surface area contributed by atoms with Crippen LogP contribution in [0.3, 0.4) is 0 Å². The number of nitrogens with one attached hydrogen (secondary N) is 1. The lowest BCUT2D eigenvalue weighted by Crippen LogP contribution is -2.54. The average molecular weight is 331 g/mol. The second kappa shape index (κ2) is 7.01. The van der Waals surface area contributed by atoms with Crippen LogP contribution >= 0.6 is 0 Å². The van der Waals surface area contributed by atoms with Gasteiger partial charge >= 0.3 is 0 Å². The van der Waals surface area contributed by atoms with E-state index in [2.05, 4.69) is 28.7 Å². The molecule has 24 heavy (non-hydrogen) atoms. The Morgan fingerprint density at radius 3 is 2.79 bits per heavy atom. The van der Waals surface area contributed by atoms with Crippen molar-refractivity contribution >= 4 is 10.9 Å². The number of hydrogen-bond acceptors (Lipinski definition) is 5. The molecule has 6 heteroatoms. The van der Waals surface area contributed by atoms with E-state index in [1.165, 1.54) is 0 Å². The van der Waals surface area contributed by atoms with E-state index in [9.17, 15) is 9.90 Å². The number of benzene rings is 1. The van der Waals surface area contributed by atoms with Crippen molar-refractivity contribution in [1.82, 2.24) is 14.9 Å². The molecule has 0 bridgehead atoms. The third-order valence-electron chi connectivity index (χ3n) is 4.92. The van der Waals surface area contributed by atoms with Crippen LogP contribution in [0.1, 0.15) is 26.1 Å². The van der Waals surface area contributed by atoms with Gasteiger partial charge in [0.15, 0.2) is 0 Å². The summed E-state index contributed by atoms with van der Waals surface area (Å²) in [6.45, 7) is 6.85. The lowest BCUT2D eigenvalue weighted by molar-refractivity contribution is -0.152. The minimum atomic E-state index is -0.194. The fraction of sp³-hybridized carbons (Fsp3) is 0.556. The fourth-order valence-electron chi connectivity index (χ4n) is 3.08. The van der Waals surface area contributed by atoms with Crippen molar-refractivity contribution in [3.8, 4) is 0 Å². The summed E-state index contributed by atoms with van der Waals surface area (Å²) in [4.78, 5) is 22.0. The molecule has 1 unspecified atom stereocenters. The SMILES string of the molecule is CCC(C)N(Cc1nc2ccccc2c(=O)[nH]1)CC1(CO)COC1. The van der Waals surface area contributed by atoms with E-state index in [0.717, 1.165) is 13.0 Å². The standard InChI is InChI=1S/C18H25N3O3/c1-3-13(2)21(9-18(10-22)11-24-12-18)8-16-19-15-7-5-4-6-14(15)17(23)20-16/h4-7,13,22H,3,8-12H2,1-2H3,(H,19,20,23). The van der Waals surface area contributed by atoms with Crippen molar-refractivity contribution in [3.05, 3.63) is 40.4 Å². The molecule has 1 atom stereocenters. The molecule has 0 spiro atoms. The van der Waals surface area contributed by atoms with Crippen LogP contribution in [0.4, 0.5) is 0 Å². The van der Waals surface area contributed by atoms with Gasteiger partial charge in [-0.1, -0.05) is 19.1 Å². The van der Waals surface area contributed by atoms with Crippen LogP contribution < -0.4 is 5.56 Å². The van der Waals surface area contributed by atoms with Gasteiger partial charge in [-0.15, -0.1) is 0 Å². The highest BCUT2D eigenvalue weighted by Gasteiger charge is 2.40. The molecule has 0 saturated carbocycles. The average Bonchev–Trinajstić information content (AvgIpc) is 2.56. The molecular formula is C18H25N3O3. The van der Waals surface area contributed by atoms with Gasteiger partial charge in [-0.3, -0.25) is 9.69 Å². The number of aromatic amines is 1. The third-order valence-corrected chi connectivity index (χ3v) is 4.92. The summed E-state index contributed by atoms with van der Waals surface area (Å²) in [6.07, 6.45) is 0.986. The molecule has 3 rings (SSSR count). The zero-order valence-corrected chi connectivity index (χ0v) is 14.3. The summed E-state index contributed by atoms with van der Waals surface area (Å²) >= 11 is 0. The topological polar surface area (TPSA) is 78.5 Å². The minimum absolute atomic E-state index is 0.108. The zero-order valence-electron chi connectivity index (χ0n) is 14.3. The van der Waals surface area contributed by atoms with Crippen LogP contribution in [0.15, 0.2) is 29.1 Å². The van der Waals surface area contributed by atoms with E-state index in [4.69, 9.17) is 4.74 Å². The van der Waals surface area contributed by atoms with E-state index in [-0.39, 0.29) is 17.6 Å². The predicted molar refractivity (Wildman–Crippen MR) is 92.9 cm³/mol. The third kappa shape index (κ3) is 3.36. The van der Waals surface area contributed by atoms with Crippen molar-refractivity contribution < 1.29 is 9.84 Å². The fourth-order valence-corrected chi connectivity index (χ4v) is 3.08. The molecular weight excluding hydrogens is 306 g/mol. The van der Waals surface area contributed by atoms with Crippen LogP contribution in [-0.2, 0) is 11.3 Å². The molecule has 2 N–H and O–H groups in total. The number of rotatable bonds is 7. The first-order valence-electron chi connectivity index (χ1n) is 8.47. The molecule has 1 saturated heterocycles. The maximum Gasteiger partial charge on any atom is 0.258 e. The Morgan fingerprint density at radius 2 is 2.17 bits per heavy atom. The Labute approximate surface area is 141 Å². The van der Waals surface area contributed by atoms with Gasteiger partial charge in [0.25, 0.3) is 5.56 Å². The minimum Gasteiger partial charge on any atom is -0.396 e. The van der Waals surface area contributed by atoms with Crippen LogP contribution in [0, 0.1) is 5.41 Å². The van der Waals surface area contributed by atoms with Crippen LogP contribution in [0.25, 0.3) is 10.9 Å². The molecule has 0 amide bonds. The van der Waals surface area contributed by atoms with Gasteiger partial charge < -0.3 is 14.8 Å². The molecule has 1 aliphatic rings. The van der Waals surface area contributed by atoms with Gasteiger partial charge in [0, 0.05) is 12.6 Å². The van der Waals surface area contributed by atoms with Gasteiger partial charge in [0.2, 0.25) is 0 Å². The lowest BCUT2D eigenvalue weighted by atomic mass is 9.86. The summed E-state index contributed by atoms with van der Waals surface area (Å²) in [5.74, 6) is 0.660. The number of hydrogen-bond donors (Lipinski definition) is 2. The number of para-hydroxylation sites is 1. The highest BCUT2D eigenvalue weighted by molar-refractivity contribution is 5.77. The number of aromatic nitrogens is 2. The van der Waals surface area contributed by atoms with Crippen molar-refractivity contribution in [1.29, 1.82) is 0 Å². The van der Waals surface area contributed by atoms with E-state index in [0.29, 0.717) is 42.5 Å². The summed E-state index contributed by atoms with van der Waals surface area (Å²) in [5, 5.41) is 10.3. The number of nitrogens with zero attached hydrogens (tertiary/aromatic N) is 2. The molecule has 1 aromatic carbocycles. The van der Waals surface area contributed by atoms with Gasteiger partial charge in [-0.25, -0.2) is 4.98 Å². The Bertz CT molecular complexity index is 749. The number of ether oxygens (including phenoxy) is 1. The predicted octanol–water partition coefficient (Wildman–Crippen LogP) is 1.53. The van der Waals surface area contributed by atoms with Gasteiger partial charge in [0.05, 0.1) is 42.7 Å². The van der Waals surface area contributed by atoms with Crippen molar-refractivity contribution in [2.24, 2.45) is 5.41 Å². The lowest BCUT2D eigenvalue weighted by Gasteiger charge is -2.44. The maximum absolute atomic E-state index is 12.3. The first-order chi connectivity index (χ1) is 11.6. The molecule has 0 radical (unpaired) electrons. The Morgan fingerprint density at radius 1 is 1.42 bits per heavy atom. The Hall–Kier alpha value is -1.76. The maximum atomic E-state index is 12.3. The first-order valence-corrected chi connectivity index (χ1v) is 8.47. The quantitative estimate of drug-likeness (QED) is 0.804. The molecule has 1 fully saturated rings. The Kier molecular flexibility index (Phi) is 4.99. The van der Waals surface area contributed by atoms with E-state index in [1.54, 1.807) is 6.07 Å². The summed E-state index contributed by atoms with van der Waals surface area (Å²) < 4.78 is 5.31. The normalized spacial score (nSPS) is 17.8. The largest absolute Gasteiger partial charge is 0.396 e. The van der Waals surface area contributed by atoms with Crippen LogP contribution in [0.5, 0.6) is 0 Å². The van der Waals surface area contributed by atoms with Crippen molar-refractivity contribution in [3.63, 3.8) is 0 Å². The van der Waals surface area contributed by atoms with Gasteiger partial charge in [0.1, 0.15) is 5.82 Å². The van der Waals surface area contributed by atoms with E-state index in [1.807, 2.05) is 18.2 Å². The second-order valence-electron chi connectivity index (χ2n) is 6.84. The highest BCUT2D eigenvalue weighted by atomic mass is 16.5. The molecule has 1 aliphatic heterocycles. The smallest absolute Gasteiger partial charge is 0.258 e. The summed E-state index contributed by atoms with van der Waals surface area (Å²) in [5.41, 5.74) is 0.411. The highest BCUT2D eigenvalue weighted by Crippen LogP contribution is 2.29. The monoisotopic (exact) mass is 331 g/mol. The number of H-pyrrole nitrogens is 1. The molecule has 1 aromatic heterocycles. The van der Waals surface area contributed by atoms with Crippen molar-refractivity contribution in [2.75, 3.05) is 26.4 Å². The van der Waals surface area contributed by atoms with Crippen LogP contribution in [0.2, 0.25) is 0 Å². The molecule has 2 aromatic rings. The zero-order chi connectivity index (χ0) is 17.2. The molecule has 0 aliphatic carbocycles. The first kappa shape index (κ1) is 17.1. The molecule has 130 valence electrons. The molecule has 2 heterocycles. The van der Waals surface area contributed by atoms with Crippen molar-refractivity contribution in [2.45, 2.75) is 32.9 Å².